The Morgan fingerprint density at radius 2 is 2.07 bits per heavy atom. The molecule has 1 aromatic heterocycles. The molecule has 2 N–H and O–H groups in total. The smallest absolute Gasteiger partial charge is 0.0222 e. The van der Waals surface area contributed by atoms with E-state index in [0.29, 0.717) is 5.41 Å². The normalized spacial score (nSPS) is 19.2. The van der Waals surface area contributed by atoms with E-state index >= 15 is 0 Å². The van der Waals surface area contributed by atoms with Crippen molar-refractivity contribution in [1.82, 2.24) is 0 Å². The number of thiophene rings is 1. The first-order valence-electron chi connectivity index (χ1n) is 5.88. The van der Waals surface area contributed by atoms with Gasteiger partial charge >= 0.3 is 0 Å². The van der Waals surface area contributed by atoms with Gasteiger partial charge < -0.3 is 5.73 Å². The predicted octanol–water partition coefficient (Wildman–Crippen LogP) is 3.47. The minimum Gasteiger partial charge on any atom is -0.325 e. The molecule has 0 atom stereocenters. The van der Waals surface area contributed by atoms with Crippen molar-refractivity contribution in [3.8, 4) is 0 Å². The molecule has 1 aliphatic carbocycles. The van der Waals surface area contributed by atoms with Crippen molar-refractivity contribution in [1.29, 1.82) is 0 Å². The number of rotatable bonds is 4. The third-order valence-electron chi connectivity index (χ3n) is 3.61. The van der Waals surface area contributed by atoms with E-state index in [1.165, 1.54) is 35.4 Å². The Labute approximate surface area is 96.7 Å². The topological polar surface area (TPSA) is 26.0 Å². The summed E-state index contributed by atoms with van der Waals surface area (Å²) in [5, 5.41) is 0. The number of nitrogens with two attached hydrogens (primary N) is 1. The van der Waals surface area contributed by atoms with Crippen LogP contribution in [0.4, 0.5) is 0 Å². The summed E-state index contributed by atoms with van der Waals surface area (Å²) in [6.07, 6.45) is 4.98. The Morgan fingerprint density at radius 3 is 2.53 bits per heavy atom. The second-order valence-corrected chi connectivity index (χ2v) is 6.49. The highest BCUT2D eigenvalue weighted by molar-refractivity contribution is 7.12. The summed E-state index contributed by atoms with van der Waals surface area (Å²) in [5.74, 6) is 0. The lowest BCUT2D eigenvalue weighted by atomic mass is 9.84. The van der Waals surface area contributed by atoms with Crippen LogP contribution in [-0.2, 0) is 11.8 Å². The van der Waals surface area contributed by atoms with Crippen molar-refractivity contribution in [2.75, 3.05) is 0 Å². The summed E-state index contributed by atoms with van der Waals surface area (Å²) in [7, 11) is 0. The SMILES string of the molecule is CCCc1ccc(C2(C(C)(C)N)CC2)s1. The monoisotopic (exact) mass is 223 g/mol. The van der Waals surface area contributed by atoms with E-state index in [4.69, 9.17) is 5.73 Å². The first-order chi connectivity index (χ1) is 6.99. The second kappa shape index (κ2) is 3.60. The van der Waals surface area contributed by atoms with Gasteiger partial charge in [-0.15, -0.1) is 11.3 Å². The van der Waals surface area contributed by atoms with Gasteiger partial charge in [0.2, 0.25) is 0 Å². The number of aryl methyl sites for hydroxylation is 1. The van der Waals surface area contributed by atoms with Crippen molar-refractivity contribution in [3.63, 3.8) is 0 Å². The van der Waals surface area contributed by atoms with E-state index < -0.39 is 0 Å². The molecule has 84 valence electrons. The van der Waals surface area contributed by atoms with Crippen molar-refractivity contribution in [3.05, 3.63) is 21.9 Å². The van der Waals surface area contributed by atoms with Crippen molar-refractivity contribution in [2.45, 2.75) is 57.4 Å². The predicted molar refractivity (Wildman–Crippen MR) is 67.5 cm³/mol. The van der Waals surface area contributed by atoms with Gasteiger partial charge in [0.15, 0.2) is 0 Å². The van der Waals surface area contributed by atoms with E-state index in [9.17, 15) is 0 Å². The highest BCUT2D eigenvalue weighted by Gasteiger charge is 2.54. The zero-order valence-electron chi connectivity index (χ0n) is 9.97. The van der Waals surface area contributed by atoms with Gasteiger partial charge in [0.25, 0.3) is 0 Å². The first kappa shape index (κ1) is 11.2. The highest BCUT2D eigenvalue weighted by Crippen LogP contribution is 2.56. The third kappa shape index (κ3) is 1.85. The van der Waals surface area contributed by atoms with E-state index in [1.807, 2.05) is 11.3 Å². The minimum absolute atomic E-state index is 0.0681. The van der Waals surface area contributed by atoms with Crippen LogP contribution in [0.5, 0.6) is 0 Å². The summed E-state index contributed by atoms with van der Waals surface area (Å²) in [5.41, 5.74) is 6.52. The van der Waals surface area contributed by atoms with E-state index in [-0.39, 0.29) is 5.54 Å². The molecule has 1 heterocycles. The lowest BCUT2D eigenvalue weighted by molar-refractivity contribution is 0.397. The summed E-state index contributed by atoms with van der Waals surface area (Å²) < 4.78 is 0. The summed E-state index contributed by atoms with van der Waals surface area (Å²) >= 11 is 1.97. The van der Waals surface area contributed by atoms with Gasteiger partial charge in [0.1, 0.15) is 0 Å². The van der Waals surface area contributed by atoms with Gasteiger partial charge in [-0.2, -0.15) is 0 Å². The van der Waals surface area contributed by atoms with Gasteiger partial charge in [-0.05, 0) is 45.2 Å². The average Bonchev–Trinajstić information content (AvgIpc) is 2.83. The molecule has 0 aromatic carbocycles. The molecule has 1 aromatic rings. The Hall–Kier alpha value is -0.340. The average molecular weight is 223 g/mol. The number of hydrogen-bond acceptors (Lipinski definition) is 2. The van der Waals surface area contributed by atoms with Crippen LogP contribution < -0.4 is 5.73 Å². The molecule has 0 aliphatic heterocycles. The molecule has 2 heteroatoms. The van der Waals surface area contributed by atoms with Gasteiger partial charge in [0.05, 0.1) is 0 Å². The lowest BCUT2D eigenvalue weighted by Crippen LogP contribution is -2.44. The van der Waals surface area contributed by atoms with Crippen LogP contribution >= 0.6 is 11.3 Å². The Balaban J connectivity index is 2.23. The maximum absolute atomic E-state index is 6.30. The fourth-order valence-corrected chi connectivity index (χ4v) is 3.87. The van der Waals surface area contributed by atoms with E-state index in [2.05, 4.69) is 32.9 Å². The summed E-state index contributed by atoms with van der Waals surface area (Å²) in [6.45, 7) is 6.57. The summed E-state index contributed by atoms with van der Waals surface area (Å²) in [6, 6.07) is 4.59. The van der Waals surface area contributed by atoms with Crippen molar-refractivity contribution < 1.29 is 0 Å². The van der Waals surface area contributed by atoms with Crippen molar-refractivity contribution in [2.24, 2.45) is 5.73 Å². The molecule has 0 spiro atoms. The van der Waals surface area contributed by atoms with Crippen LogP contribution in [0.1, 0.15) is 49.8 Å². The lowest BCUT2D eigenvalue weighted by Gasteiger charge is -2.29. The van der Waals surface area contributed by atoms with Crippen molar-refractivity contribution >= 4 is 11.3 Å². The van der Waals surface area contributed by atoms with E-state index in [1.54, 1.807) is 0 Å². The summed E-state index contributed by atoms with van der Waals surface area (Å²) in [4.78, 5) is 3.03. The fraction of sp³-hybridized carbons (Fsp3) is 0.692. The second-order valence-electron chi connectivity index (χ2n) is 5.32. The minimum atomic E-state index is -0.0681. The molecule has 0 amide bonds. The molecule has 1 saturated carbocycles. The maximum atomic E-state index is 6.30. The van der Waals surface area contributed by atoms with Crippen LogP contribution in [0.25, 0.3) is 0 Å². The molecule has 1 nitrogen and oxygen atoms in total. The molecule has 1 fully saturated rings. The van der Waals surface area contributed by atoms with Gasteiger partial charge in [-0.25, -0.2) is 0 Å². The zero-order valence-corrected chi connectivity index (χ0v) is 10.8. The van der Waals surface area contributed by atoms with Crippen LogP contribution in [-0.4, -0.2) is 5.54 Å². The molecule has 2 rings (SSSR count). The van der Waals surface area contributed by atoms with Crippen LogP contribution in [0.2, 0.25) is 0 Å². The van der Waals surface area contributed by atoms with Gasteiger partial charge in [-0.3, -0.25) is 0 Å². The van der Waals surface area contributed by atoms with Gasteiger partial charge in [-0.1, -0.05) is 13.3 Å². The maximum Gasteiger partial charge on any atom is 0.0222 e. The molecular weight excluding hydrogens is 202 g/mol. The zero-order chi connectivity index (χ0) is 11.1. The molecule has 0 bridgehead atoms. The van der Waals surface area contributed by atoms with Gasteiger partial charge in [0, 0.05) is 20.7 Å². The molecule has 0 saturated heterocycles. The van der Waals surface area contributed by atoms with Crippen LogP contribution in [0, 0.1) is 0 Å². The molecule has 0 unspecified atom stereocenters. The Morgan fingerprint density at radius 1 is 1.40 bits per heavy atom. The first-order valence-corrected chi connectivity index (χ1v) is 6.69. The quantitative estimate of drug-likeness (QED) is 0.831. The van der Waals surface area contributed by atoms with Crippen LogP contribution in [0.3, 0.4) is 0 Å². The molecule has 15 heavy (non-hydrogen) atoms. The molecular formula is C13H21NS. The molecule has 1 aliphatic rings. The molecule has 0 radical (unpaired) electrons. The largest absolute Gasteiger partial charge is 0.325 e. The number of hydrogen-bond donors (Lipinski definition) is 1. The van der Waals surface area contributed by atoms with Crippen LogP contribution in [0.15, 0.2) is 12.1 Å². The fourth-order valence-electron chi connectivity index (χ4n) is 2.35. The third-order valence-corrected chi connectivity index (χ3v) is 4.96. The standard InChI is InChI=1S/C13H21NS/c1-4-5-10-6-7-11(15-10)13(8-9-13)12(2,3)14/h6-7H,4-5,8-9,14H2,1-3H3. The highest BCUT2D eigenvalue weighted by atomic mass is 32.1. The Bertz CT molecular complexity index is 342. The Kier molecular flexibility index (Phi) is 2.68. The van der Waals surface area contributed by atoms with E-state index in [0.717, 1.165) is 0 Å².